The van der Waals surface area contributed by atoms with Gasteiger partial charge < -0.3 is 10.2 Å². The van der Waals surface area contributed by atoms with Gasteiger partial charge in [-0.1, -0.05) is 29.8 Å². The van der Waals surface area contributed by atoms with Gasteiger partial charge in [-0.2, -0.15) is 0 Å². The smallest absolute Gasteiger partial charge is 0.236 e. The average molecular weight is 220 g/mol. The summed E-state index contributed by atoms with van der Waals surface area (Å²) in [6.45, 7) is 5.91. The van der Waals surface area contributed by atoms with Gasteiger partial charge in [0.1, 0.15) is 0 Å². The maximum atomic E-state index is 11.7. The normalized spacial score (nSPS) is 10.2. The van der Waals surface area contributed by atoms with E-state index in [2.05, 4.69) is 30.4 Å². The Bertz CT molecular complexity index is 350. The van der Waals surface area contributed by atoms with Crippen molar-refractivity contribution in [1.82, 2.24) is 10.2 Å². The van der Waals surface area contributed by atoms with E-state index in [0.29, 0.717) is 13.1 Å². The predicted molar refractivity (Wildman–Crippen MR) is 66.2 cm³/mol. The molecule has 0 aliphatic carbocycles. The van der Waals surface area contributed by atoms with Crippen LogP contribution < -0.4 is 5.32 Å². The highest BCUT2D eigenvalue weighted by atomic mass is 16.2. The molecule has 16 heavy (non-hydrogen) atoms. The molecule has 0 aromatic heterocycles. The van der Waals surface area contributed by atoms with E-state index < -0.39 is 0 Å². The quantitative estimate of drug-likeness (QED) is 0.817. The minimum absolute atomic E-state index is 0.145. The first-order valence-corrected chi connectivity index (χ1v) is 5.65. The Balaban J connectivity index is 2.66. The number of nitrogens with one attached hydrogen (secondary N) is 1. The molecular formula is C13H20N2O. The molecule has 88 valence electrons. The molecule has 0 saturated carbocycles. The molecule has 0 heterocycles. The zero-order valence-electron chi connectivity index (χ0n) is 10.3. The Hall–Kier alpha value is -1.35. The van der Waals surface area contributed by atoms with Crippen LogP contribution >= 0.6 is 0 Å². The zero-order valence-corrected chi connectivity index (χ0v) is 10.3. The molecule has 0 unspecified atom stereocenters. The van der Waals surface area contributed by atoms with Crippen LogP contribution in [0, 0.1) is 6.92 Å². The van der Waals surface area contributed by atoms with Crippen molar-refractivity contribution < 1.29 is 4.79 Å². The molecule has 0 fully saturated rings. The van der Waals surface area contributed by atoms with Crippen LogP contribution in [0.4, 0.5) is 0 Å². The number of carbonyl (C=O) groups excluding carboxylic acids is 1. The number of carbonyl (C=O) groups is 1. The monoisotopic (exact) mass is 220 g/mol. The molecule has 1 rings (SSSR count). The van der Waals surface area contributed by atoms with Crippen LogP contribution in [0.2, 0.25) is 0 Å². The standard InChI is InChI=1S/C13H20N2O/c1-4-15(13(16)9-14-3)10-12-7-5-6-11(2)8-12/h5-8,14H,4,9-10H2,1-3H3. The van der Waals surface area contributed by atoms with Crippen LogP contribution in [-0.2, 0) is 11.3 Å². The van der Waals surface area contributed by atoms with Gasteiger partial charge in [-0.05, 0) is 26.5 Å². The molecule has 0 aliphatic rings. The second-order valence-electron chi connectivity index (χ2n) is 3.93. The third-order valence-corrected chi connectivity index (χ3v) is 2.52. The van der Waals surface area contributed by atoms with Crippen LogP contribution in [0.1, 0.15) is 18.1 Å². The summed E-state index contributed by atoms with van der Waals surface area (Å²) < 4.78 is 0. The van der Waals surface area contributed by atoms with Crippen molar-refractivity contribution in [2.75, 3.05) is 20.1 Å². The first kappa shape index (κ1) is 12.7. The van der Waals surface area contributed by atoms with Gasteiger partial charge in [0.15, 0.2) is 0 Å². The summed E-state index contributed by atoms with van der Waals surface area (Å²) in [5, 5.41) is 2.89. The van der Waals surface area contributed by atoms with Crippen LogP contribution in [0.5, 0.6) is 0 Å². The molecule has 1 amide bonds. The number of rotatable bonds is 5. The fourth-order valence-corrected chi connectivity index (χ4v) is 1.67. The molecule has 1 aromatic carbocycles. The summed E-state index contributed by atoms with van der Waals surface area (Å²) in [6.07, 6.45) is 0. The van der Waals surface area contributed by atoms with Gasteiger partial charge in [-0.25, -0.2) is 0 Å². The third-order valence-electron chi connectivity index (χ3n) is 2.52. The van der Waals surface area contributed by atoms with Crippen molar-refractivity contribution in [2.24, 2.45) is 0 Å². The van der Waals surface area contributed by atoms with Gasteiger partial charge in [0.05, 0.1) is 6.54 Å². The number of amides is 1. The maximum Gasteiger partial charge on any atom is 0.236 e. The summed E-state index contributed by atoms with van der Waals surface area (Å²) >= 11 is 0. The number of likely N-dealkylation sites (N-methyl/N-ethyl adjacent to an activating group) is 2. The Morgan fingerprint density at radius 3 is 2.75 bits per heavy atom. The van der Waals surface area contributed by atoms with Gasteiger partial charge in [-0.3, -0.25) is 4.79 Å². The fraction of sp³-hybridized carbons (Fsp3) is 0.462. The van der Waals surface area contributed by atoms with E-state index in [0.717, 1.165) is 6.54 Å². The second kappa shape index (κ2) is 6.28. The molecule has 3 nitrogen and oxygen atoms in total. The molecule has 3 heteroatoms. The summed E-state index contributed by atoms with van der Waals surface area (Å²) in [5.41, 5.74) is 2.42. The summed E-state index contributed by atoms with van der Waals surface area (Å²) in [6, 6.07) is 8.27. The Kier molecular flexibility index (Phi) is 4.99. The summed E-state index contributed by atoms with van der Waals surface area (Å²) in [5.74, 6) is 0.145. The van der Waals surface area contributed by atoms with E-state index in [1.807, 2.05) is 17.9 Å². The topological polar surface area (TPSA) is 32.3 Å². The number of hydrogen-bond donors (Lipinski definition) is 1. The first-order valence-electron chi connectivity index (χ1n) is 5.65. The van der Waals surface area contributed by atoms with Gasteiger partial charge in [0.2, 0.25) is 5.91 Å². The van der Waals surface area contributed by atoms with Crippen LogP contribution in [0.25, 0.3) is 0 Å². The van der Waals surface area contributed by atoms with E-state index in [-0.39, 0.29) is 5.91 Å². The minimum Gasteiger partial charge on any atom is -0.338 e. The number of nitrogens with zero attached hydrogens (tertiary/aromatic N) is 1. The number of aryl methyl sites for hydroxylation is 1. The highest BCUT2D eigenvalue weighted by molar-refractivity contribution is 5.78. The number of hydrogen-bond acceptors (Lipinski definition) is 2. The SMILES string of the molecule is CCN(Cc1cccc(C)c1)C(=O)CNC. The zero-order chi connectivity index (χ0) is 12.0. The first-order chi connectivity index (χ1) is 7.67. The van der Waals surface area contributed by atoms with E-state index in [1.54, 1.807) is 7.05 Å². The largest absolute Gasteiger partial charge is 0.338 e. The van der Waals surface area contributed by atoms with E-state index in [4.69, 9.17) is 0 Å². The van der Waals surface area contributed by atoms with Crippen molar-refractivity contribution in [3.8, 4) is 0 Å². The fourth-order valence-electron chi connectivity index (χ4n) is 1.67. The average Bonchev–Trinajstić information content (AvgIpc) is 2.26. The van der Waals surface area contributed by atoms with Crippen molar-refractivity contribution in [3.63, 3.8) is 0 Å². The molecular weight excluding hydrogens is 200 g/mol. The van der Waals surface area contributed by atoms with Gasteiger partial charge >= 0.3 is 0 Å². The lowest BCUT2D eigenvalue weighted by molar-refractivity contribution is -0.130. The van der Waals surface area contributed by atoms with E-state index in [1.165, 1.54) is 11.1 Å². The van der Waals surface area contributed by atoms with Gasteiger partial charge in [-0.15, -0.1) is 0 Å². The van der Waals surface area contributed by atoms with E-state index in [9.17, 15) is 4.79 Å². The molecule has 0 aliphatic heterocycles. The Morgan fingerprint density at radius 1 is 1.44 bits per heavy atom. The molecule has 1 aromatic rings. The van der Waals surface area contributed by atoms with Crippen molar-refractivity contribution in [3.05, 3.63) is 35.4 Å². The minimum atomic E-state index is 0.145. The van der Waals surface area contributed by atoms with Crippen molar-refractivity contribution in [2.45, 2.75) is 20.4 Å². The highest BCUT2D eigenvalue weighted by Crippen LogP contribution is 2.07. The highest BCUT2D eigenvalue weighted by Gasteiger charge is 2.10. The lowest BCUT2D eigenvalue weighted by Gasteiger charge is -2.21. The van der Waals surface area contributed by atoms with Crippen LogP contribution in [-0.4, -0.2) is 30.9 Å². The Morgan fingerprint density at radius 2 is 2.19 bits per heavy atom. The van der Waals surface area contributed by atoms with Crippen LogP contribution in [0.3, 0.4) is 0 Å². The van der Waals surface area contributed by atoms with E-state index >= 15 is 0 Å². The summed E-state index contributed by atoms with van der Waals surface area (Å²) in [4.78, 5) is 13.6. The van der Waals surface area contributed by atoms with Crippen molar-refractivity contribution >= 4 is 5.91 Å². The van der Waals surface area contributed by atoms with Crippen molar-refractivity contribution in [1.29, 1.82) is 0 Å². The second-order valence-corrected chi connectivity index (χ2v) is 3.93. The van der Waals surface area contributed by atoms with Gasteiger partial charge in [0, 0.05) is 13.1 Å². The summed E-state index contributed by atoms with van der Waals surface area (Å²) in [7, 11) is 1.79. The molecule has 1 N–H and O–H groups in total. The maximum absolute atomic E-state index is 11.7. The molecule has 0 spiro atoms. The number of benzene rings is 1. The lowest BCUT2D eigenvalue weighted by Crippen LogP contribution is -2.36. The third kappa shape index (κ3) is 3.66. The molecule has 0 bridgehead atoms. The molecule has 0 radical (unpaired) electrons. The Labute approximate surface area is 97.5 Å². The molecule has 0 atom stereocenters. The predicted octanol–water partition coefficient (Wildman–Crippen LogP) is 1.56. The van der Waals surface area contributed by atoms with Gasteiger partial charge in [0.25, 0.3) is 0 Å². The lowest BCUT2D eigenvalue weighted by atomic mass is 10.1. The van der Waals surface area contributed by atoms with Crippen LogP contribution in [0.15, 0.2) is 24.3 Å². The molecule has 0 saturated heterocycles.